The van der Waals surface area contributed by atoms with Gasteiger partial charge in [-0.1, -0.05) is 6.07 Å². The van der Waals surface area contributed by atoms with Gasteiger partial charge in [0, 0.05) is 44.2 Å². The van der Waals surface area contributed by atoms with Gasteiger partial charge in [-0.15, -0.1) is 11.3 Å². The molecule has 198 valence electrons. The maximum Gasteiger partial charge on any atom is 0.330 e. The molecule has 0 spiro atoms. The second-order valence-electron chi connectivity index (χ2n) is 8.20. The van der Waals surface area contributed by atoms with Crippen LogP contribution in [0.4, 0.5) is 19.3 Å². The van der Waals surface area contributed by atoms with Crippen molar-refractivity contribution in [3.05, 3.63) is 89.2 Å². The average molecular weight is 561 g/mol. The van der Waals surface area contributed by atoms with Gasteiger partial charge in [0.25, 0.3) is 0 Å². The van der Waals surface area contributed by atoms with Crippen LogP contribution < -0.4 is 19.7 Å². The van der Waals surface area contributed by atoms with E-state index in [2.05, 4.69) is 20.0 Å². The summed E-state index contributed by atoms with van der Waals surface area (Å²) in [5.41, 5.74) is 3.41. The maximum absolute atomic E-state index is 13.8. The van der Waals surface area contributed by atoms with Gasteiger partial charge in [0.05, 0.1) is 15.7 Å². The van der Waals surface area contributed by atoms with Gasteiger partial charge >= 0.3 is 16.2 Å². The van der Waals surface area contributed by atoms with Crippen LogP contribution >= 0.6 is 11.3 Å². The quantitative estimate of drug-likeness (QED) is 0.288. The molecule has 38 heavy (non-hydrogen) atoms. The van der Waals surface area contributed by atoms with Crippen molar-refractivity contribution in [1.29, 1.82) is 0 Å². The molecule has 0 unspecified atom stereocenters. The Morgan fingerprint density at radius 2 is 1.84 bits per heavy atom. The molecule has 0 saturated heterocycles. The highest BCUT2D eigenvalue weighted by atomic mass is 32.2. The Kier molecular flexibility index (Phi) is 8.24. The summed E-state index contributed by atoms with van der Waals surface area (Å²) in [7, 11) is -2.86. The summed E-state index contributed by atoms with van der Waals surface area (Å²) < 4.78 is 57.2. The molecule has 3 N–H and O–H groups in total. The number of likely N-dealkylation sites (N-methyl/N-ethyl adjacent to an activating group) is 1. The van der Waals surface area contributed by atoms with Crippen molar-refractivity contribution in [3.8, 4) is 0 Å². The first-order valence-electron chi connectivity index (χ1n) is 11.1. The van der Waals surface area contributed by atoms with E-state index >= 15 is 0 Å². The predicted molar refractivity (Wildman–Crippen MR) is 139 cm³/mol. The Hall–Kier alpha value is -4.01. The number of nitrogens with one attached hydrogen (secondary N) is 3. The number of benzene rings is 2. The lowest BCUT2D eigenvalue weighted by atomic mass is 10.0. The van der Waals surface area contributed by atoms with E-state index in [4.69, 9.17) is 0 Å². The third kappa shape index (κ3) is 7.06. The maximum atomic E-state index is 13.8. The fraction of sp³-hybridized carbons (Fsp3) is 0.167. The number of rotatable bonds is 9. The van der Waals surface area contributed by atoms with Crippen LogP contribution in [0.15, 0.2) is 66.4 Å². The first-order valence-corrected chi connectivity index (χ1v) is 13.5. The molecule has 1 atom stereocenters. The zero-order valence-electron chi connectivity index (χ0n) is 19.9. The fourth-order valence-electron chi connectivity index (χ4n) is 3.61. The van der Waals surface area contributed by atoms with Crippen LogP contribution in [0.2, 0.25) is 0 Å². The van der Waals surface area contributed by atoms with Crippen molar-refractivity contribution in [1.82, 2.24) is 24.7 Å². The predicted octanol–water partition coefficient (Wildman–Crippen LogP) is 2.88. The molecule has 0 aliphatic rings. The molecule has 0 bridgehead atoms. The molecule has 0 saturated carbocycles. The normalized spacial score (nSPS) is 12.2. The molecule has 0 aliphatic carbocycles. The molecular weight excluding hydrogens is 538 g/mol. The van der Waals surface area contributed by atoms with Gasteiger partial charge in [-0.25, -0.2) is 23.3 Å². The van der Waals surface area contributed by atoms with E-state index in [1.807, 2.05) is 0 Å². The summed E-state index contributed by atoms with van der Waals surface area (Å²) in [6.45, 7) is -0.136. The van der Waals surface area contributed by atoms with Gasteiger partial charge in [0.1, 0.15) is 17.7 Å². The second-order valence-corrected chi connectivity index (χ2v) is 10.6. The third-order valence-electron chi connectivity index (χ3n) is 5.41. The molecule has 0 aliphatic heterocycles. The van der Waals surface area contributed by atoms with E-state index in [1.165, 1.54) is 35.7 Å². The molecule has 0 fully saturated rings. The van der Waals surface area contributed by atoms with E-state index in [9.17, 15) is 26.8 Å². The van der Waals surface area contributed by atoms with Crippen molar-refractivity contribution in [2.75, 3.05) is 11.9 Å². The third-order valence-corrected chi connectivity index (χ3v) is 7.20. The summed E-state index contributed by atoms with van der Waals surface area (Å²) in [4.78, 5) is 35.4. The smallest absolute Gasteiger partial charge is 0.325 e. The topological polar surface area (TPSA) is 133 Å². The zero-order chi connectivity index (χ0) is 27.3. The highest BCUT2D eigenvalue weighted by Crippen LogP contribution is 2.24. The van der Waals surface area contributed by atoms with Gasteiger partial charge in [0.2, 0.25) is 5.91 Å². The van der Waals surface area contributed by atoms with E-state index < -0.39 is 39.8 Å². The van der Waals surface area contributed by atoms with E-state index in [-0.39, 0.29) is 18.5 Å². The number of hydrogen-bond donors (Lipinski definition) is 3. The molecule has 4 aromatic rings. The van der Waals surface area contributed by atoms with Crippen LogP contribution in [0.5, 0.6) is 0 Å². The zero-order valence-corrected chi connectivity index (χ0v) is 21.5. The van der Waals surface area contributed by atoms with Crippen molar-refractivity contribution in [3.63, 3.8) is 0 Å². The molecule has 3 amide bonds. The van der Waals surface area contributed by atoms with Crippen molar-refractivity contribution in [2.45, 2.75) is 19.0 Å². The second kappa shape index (κ2) is 11.6. The monoisotopic (exact) mass is 560 g/mol. The number of carbonyl (C=O) groups excluding carboxylic acids is 2. The van der Waals surface area contributed by atoms with Crippen LogP contribution in [0, 0.1) is 11.6 Å². The van der Waals surface area contributed by atoms with Crippen LogP contribution in [-0.2, 0) is 28.0 Å². The number of urea groups is 1. The molecule has 0 radical (unpaired) electrons. The van der Waals surface area contributed by atoms with Crippen molar-refractivity contribution >= 4 is 49.4 Å². The number of aromatic nitrogens is 2. The summed E-state index contributed by atoms with van der Waals surface area (Å²) >= 11 is 1.43. The molecule has 14 heteroatoms. The van der Waals surface area contributed by atoms with Gasteiger partial charge in [0.15, 0.2) is 0 Å². The first kappa shape index (κ1) is 27.0. The molecule has 10 nitrogen and oxygen atoms in total. The van der Waals surface area contributed by atoms with E-state index in [0.717, 1.165) is 16.8 Å². The summed E-state index contributed by atoms with van der Waals surface area (Å²) in [5, 5.41) is 2.31. The number of fused-ring (bicyclic) bond motifs is 1. The highest BCUT2D eigenvalue weighted by Gasteiger charge is 2.27. The Balaban J connectivity index is 1.51. The van der Waals surface area contributed by atoms with Gasteiger partial charge < -0.3 is 10.2 Å². The Morgan fingerprint density at radius 1 is 1.08 bits per heavy atom. The van der Waals surface area contributed by atoms with Gasteiger partial charge in [-0.3, -0.25) is 9.78 Å². The number of carbonyl (C=O) groups is 2. The lowest BCUT2D eigenvalue weighted by Crippen LogP contribution is -2.54. The minimum absolute atomic E-state index is 0.0852. The minimum atomic E-state index is -4.32. The molecule has 2 aromatic carbocycles. The Bertz CT molecular complexity index is 1550. The van der Waals surface area contributed by atoms with Gasteiger partial charge in [-0.05, 0) is 47.5 Å². The number of anilines is 1. The van der Waals surface area contributed by atoms with Crippen LogP contribution in [0.25, 0.3) is 10.2 Å². The summed E-state index contributed by atoms with van der Waals surface area (Å²) in [6.07, 6.45) is 2.67. The standard InChI is InChI=1S/C24H22F2N6O4S2/c1-32(19-4-5-22-20(11-19)28-14-37-22)23(33)21(9-16-7-17(25)10-18(26)8-16)30-24(34)31-38(35,36)29-13-15-3-2-6-27-12-15/h2-8,10-12,14,21,29H,9,13H2,1H3,(H2,30,31,34)/t21-/m0/s1. The van der Waals surface area contributed by atoms with Gasteiger partial charge in [-0.2, -0.15) is 13.1 Å². The Labute approximate surface area is 220 Å². The van der Waals surface area contributed by atoms with Crippen LogP contribution in [0.3, 0.4) is 0 Å². The summed E-state index contributed by atoms with van der Waals surface area (Å²) in [6, 6.07) is 8.55. The van der Waals surface area contributed by atoms with E-state index in [1.54, 1.807) is 40.6 Å². The SMILES string of the molecule is CN(C(=O)[C@H](Cc1cc(F)cc(F)c1)NC(=O)NS(=O)(=O)NCc1cccnc1)c1ccc2scnc2c1. The molecule has 4 rings (SSSR count). The lowest BCUT2D eigenvalue weighted by Gasteiger charge is -2.25. The molecular formula is C24H22F2N6O4S2. The number of thiazole rings is 1. The fourth-order valence-corrected chi connectivity index (χ4v) is 5.00. The minimum Gasteiger partial charge on any atom is -0.325 e. The van der Waals surface area contributed by atoms with Crippen LogP contribution in [0.1, 0.15) is 11.1 Å². The van der Waals surface area contributed by atoms with Crippen LogP contribution in [-0.4, -0.2) is 43.4 Å². The van der Waals surface area contributed by atoms with E-state index in [0.29, 0.717) is 22.8 Å². The number of nitrogens with zero attached hydrogens (tertiary/aromatic N) is 3. The Morgan fingerprint density at radius 3 is 2.55 bits per heavy atom. The first-order chi connectivity index (χ1) is 18.1. The number of halogens is 2. The van der Waals surface area contributed by atoms with Crippen molar-refractivity contribution < 1.29 is 26.8 Å². The molecule has 2 aromatic heterocycles. The largest absolute Gasteiger partial charge is 0.330 e. The molecule has 2 heterocycles. The summed E-state index contributed by atoms with van der Waals surface area (Å²) in [5.74, 6) is -2.37. The highest BCUT2D eigenvalue weighted by molar-refractivity contribution is 7.88. The number of pyridine rings is 1. The average Bonchev–Trinajstić information content (AvgIpc) is 3.34. The lowest BCUT2D eigenvalue weighted by molar-refractivity contribution is -0.120. The number of hydrogen-bond acceptors (Lipinski definition) is 7. The number of amides is 3. The van der Waals surface area contributed by atoms with Crippen molar-refractivity contribution in [2.24, 2.45) is 0 Å².